The van der Waals surface area contributed by atoms with Gasteiger partial charge < -0.3 is 4.90 Å². The molecule has 110 valence electrons. The van der Waals surface area contributed by atoms with Gasteiger partial charge in [0.1, 0.15) is 6.29 Å². The highest BCUT2D eigenvalue weighted by Crippen LogP contribution is 2.13. The van der Waals surface area contributed by atoms with E-state index in [0.717, 1.165) is 17.4 Å². The topological polar surface area (TPSA) is 20.3 Å². The molecule has 0 N–H and O–H groups in total. The second-order valence-corrected chi connectivity index (χ2v) is 5.14. The number of benzene rings is 1. The highest BCUT2D eigenvalue weighted by atomic mass is 16.1. The standard InChI is InChI=1S/C19H23NO/c1-16(6-5-7-17(2)14-15-21)8-9-18-10-12-19(13-11-18)20(3)4/h5-15H,1-4H3. The summed E-state index contributed by atoms with van der Waals surface area (Å²) in [5.41, 5.74) is 4.47. The van der Waals surface area contributed by atoms with Crippen LogP contribution >= 0.6 is 0 Å². The number of anilines is 1. The fourth-order valence-corrected chi connectivity index (χ4v) is 1.68. The molecule has 0 spiro atoms. The fraction of sp³-hybridized carbons (Fsp3) is 0.211. The van der Waals surface area contributed by atoms with Gasteiger partial charge in [0.2, 0.25) is 0 Å². The van der Waals surface area contributed by atoms with Crippen molar-refractivity contribution in [3.8, 4) is 0 Å². The highest BCUT2D eigenvalue weighted by molar-refractivity contribution is 5.67. The molecule has 0 aliphatic heterocycles. The van der Waals surface area contributed by atoms with Gasteiger partial charge in [0.15, 0.2) is 0 Å². The molecule has 1 aromatic carbocycles. The SMILES string of the molecule is CC(C=CC=C(C)C=Cc1ccc(N(C)C)cc1)=CC=O. The Kier molecular flexibility index (Phi) is 6.96. The molecule has 0 bridgehead atoms. The number of carbonyl (C=O) groups excluding carboxylic acids is 1. The predicted molar refractivity (Wildman–Crippen MR) is 92.5 cm³/mol. The average molecular weight is 281 g/mol. The maximum absolute atomic E-state index is 10.3. The van der Waals surface area contributed by atoms with E-state index in [4.69, 9.17) is 0 Å². The molecule has 0 saturated heterocycles. The lowest BCUT2D eigenvalue weighted by Gasteiger charge is -2.11. The molecule has 0 aliphatic rings. The third-order valence-corrected chi connectivity index (χ3v) is 3.00. The Morgan fingerprint density at radius 2 is 1.57 bits per heavy atom. The maximum atomic E-state index is 10.3. The van der Waals surface area contributed by atoms with Crippen molar-refractivity contribution < 1.29 is 4.79 Å². The monoisotopic (exact) mass is 281 g/mol. The van der Waals surface area contributed by atoms with Gasteiger partial charge >= 0.3 is 0 Å². The summed E-state index contributed by atoms with van der Waals surface area (Å²) < 4.78 is 0. The number of carbonyl (C=O) groups is 1. The van der Waals surface area contributed by atoms with Gasteiger partial charge in [0.05, 0.1) is 0 Å². The van der Waals surface area contributed by atoms with Crippen LogP contribution in [-0.2, 0) is 4.79 Å². The number of hydrogen-bond acceptors (Lipinski definition) is 2. The summed E-state index contributed by atoms with van der Waals surface area (Å²) in [6.07, 6.45) is 12.4. The number of aldehydes is 1. The third kappa shape index (κ3) is 6.57. The summed E-state index contributed by atoms with van der Waals surface area (Å²) >= 11 is 0. The van der Waals surface area contributed by atoms with E-state index >= 15 is 0 Å². The normalized spacial score (nSPS) is 13.1. The van der Waals surface area contributed by atoms with Gasteiger partial charge in [-0.3, -0.25) is 4.79 Å². The Bertz CT molecular complexity index is 572. The molecule has 1 aromatic rings. The lowest BCUT2D eigenvalue weighted by Crippen LogP contribution is -2.07. The molecule has 0 saturated carbocycles. The molecule has 0 amide bonds. The predicted octanol–water partition coefficient (Wildman–Crippen LogP) is 4.41. The van der Waals surface area contributed by atoms with E-state index in [1.807, 2.05) is 46.2 Å². The van der Waals surface area contributed by atoms with Gasteiger partial charge in [-0.05, 0) is 43.2 Å². The number of nitrogens with zero attached hydrogens (tertiary/aromatic N) is 1. The molecular formula is C19H23NO. The van der Waals surface area contributed by atoms with E-state index in [0.29, 0.717) is 0 Å². The molecule has 2 nitrogen and oxygen atoms in total. The van der Waals surface area contributed by atoms with Crippen LogP contribution in [0.25, 0.3) is 6.08 Å². The van der Waals surface area contributed by atoms with Crippen molar-refractivity contribution in [2.45, 2.75) is 13.8 Å². The van der Waals surface area contributed by atoms with Gasteiger partial charge in [0, 0.05) is 19.8 Å². The van der Waals surface area contributed by atoms with Gasteiger partial charge in [-0.25, -0.2) is 0 Å². The van der Waals surface area contributed by atoms with Crippen molar-refractivity contribution in [1.29, 1.82) is 0 Å². The first kappa shape index (κ1) is 16.7. The summed E-state index contributed by atoms with van der Waals surface area (Å²) in [4.78, 5) is 12.4. The Morgan fingerprint density at radius 1 is 0.952 bits per heavy atom. The van der Waals surface area contributed by atoms with Crippen molar-refractivity contribution in [3.05, 3.63) is 71.4 Å². The third-order valence-electron chi connectivity index (χ3n) is 3.00. The first-order valence-corrected chi connectivity index (χ1v) is 6.95. The smallest absolute Gasteiger partial charge is 0.143 e. The van der Waals surface area contributed by atoms with Crippen LogP contribution in [-0.4, -0.2) is 20.4 Å². The van der Waals surface area contributed by atoms with E-state index in [1.54, 1.807) is 6.08 Å². The molecule has 1 rings (SSSR count). The van der Waals surface area contributed by atoms with Crippen LogP contribution in [0.1, 0.15) is 19.4 Å². The van der Waals surface area contributed by atoms with Crippen molar-refractivity contribution in [2.24, 2.45) is 0 Å². The van der Waals surface area contributed by atoms with E-state index in [2.05, 4.69) is 41.3 Å². The van der Waals surface area contributed by atoms with Gasteiger partial charge in [-0.15, -0.1) is 0 Å². The van der Waals surface area contributed by atoms with E-state index in [1.165, 1.54) is 11.3 Å². The minimum absolute atomic E-state index is 0.799. The van der Waals surface area contributed by atoms with E-state index in [9.17, 15) is 4.79 Å². The molecule has 0 aromatic heterocycles. The minimum Gasteiger partial charge on any atom is -0.378 e. The van der Waals surface area contributed by atoms with Gasteiger partial charge in [0.25, 0.3) is 0 Å². The number of allylic oxidation sites excluding steroid dienone is 7. The van der Waals surface area contributed by atoms with Gasteiger partial charge in [-0.2, -0.15) is 0 Å². The Balaban J connectivity index is 2.67. The number of rotatable bonds is 6. The van der Waals surface area contributed by atoms with Crippen LogP contribution in [0.3, 0.4) is 0 Å². The first-order valence-electron chi connectivity index (χ1n) is 6.95. The molecule has 0 radical (unpaired) electrons. The second kappa shape index (κ2) is 8.75. The Labute approximate surface area is 127 Å². The van der Waals surface area contributed by atoms with Crippen LogP contribution in [0.4, 0.5) is 5.69 Å². The molecule has 0 unspecified atom stereocenters. The van der Waals surface area contributed by atoms with E-state index in [-0.39, 0.29) is 0 Å². The lowest BCUT2D eigenvalue weighted by molar-refractivity contribution is -0.104. The quantitative estimate of drug-likeness (QED) is 0.437. The molecule has 2 heteroatoms. The van der Waals surface area contributed by atoms with Crippen molar-refractivity contribution in [1.82, 2.24) is 0 Å². The highest BCUT2D eigenvalue weighted by Gasteiger charge is 1.93. The average Bonchev–Trinajstić information content (AvgIpc) is 2.46. The largest absolute Gasteiger partial charge is 0.378 e. The molecule has 0 aliphatic carbocycles. The van der Waals surface area contributed by atoms with Crippen LogP contribution in [0.15, 0.2) is 65.8 Å². The van der Waals surface area contributed by atoms with Crippen molar-refractivity contribution >= 4 is 18.0 Å². The molecule has 0 fully saturated rings. The van der Waals surface area contributed by atoms with Crippen LogP contribution in [0, 0.1) is 0 Å². The van der Waals surface area contributed by atoms with Crippen molar-refractivity contribution in [2.75, 3.05) is 19.0 Å². The fourth-order valence-electron chi connectivity index (χ4n) is 1.68. The van der Waals surface area contributed by atoms with Gasteiger partial charge in [-0.1, -0.05) is 48.1 Å². The zero-order valence-electron chi connectivity index (χ0n) is 13.2. The lowest BCUT2D eigenvalue weighted by atomic mass is 10.1. The molecular weight excluding hydrogens is 258 g/mol. The zero-order valence-corrected chi connectivity index (χ0v) is 13.2. The summed E-state index contributed by atoms with van der Waals surface area (Å²) in [7, 11) is 4.07. The van der Waals surface area contributed by atoms with Crippen LogP contribution < -0.4 is 4.90 Å². The summed E-state index contributed by atoms with van der Waals surface area (Å²) in [6.45, 7) is 3.95. The minimum atomic E-state index is 0.799. The zero-order chi connectivity index (χ0) is 15.7. The molecule has 0 heterocycles. The first-order chi connectivity index (χ1) is 10.0. The summed E-state index contributed by atoms with van der Waals surface area (Å²) in [6, 6.07) is 8.41. The maximum Gasteiger partial charge on any atom is 0.143 e. The molecule has 0 atom stereocenters. The number of hydrogen-bond donors (Lipinski definition) is 0. The summed E-state index contributed by atoms with van der Waals surface area (Å²) in [5, 5.41) is 0. The summed E-state index contributed by atoms with van der Waals surface area (Å²) in [5.74, 6) is 0. The Morgan fingerprint density at radius 3 is 2.14 bits per heavy atom. The van der Waals surface area contributed by atoms with E-state index < -0.39 is 0 Å². The van der Waals surface area contributed by atoms with Crippen molar-refractivity contribution in [3.63, 3.8) is 0 Å². The Hall–Kier alpha value is -2.35. The molecule has 21 heavy (non-hydrogen) atoms. The van der Waals surface area contributed by atoms with Crippen LogP contribution in [0.5, 0.6) is 0 Å². The second-order valence-electron chi connectivity index (χ2n) is 5.14. The van der Waals surface area contributed by atoms with Crippen LogP contribution in [0.2, 0.25) is 0 Å².